The molecular weight excluding hydrogens is 176 g/mol. The van der Waals surface area contributed by atoms with Crippen LogP contribution in [0.4, 0.5) is 0 Å². The summed E-state index contributed by atoms with van der Waals surface area (Å²) in [5, 5.41) is 2.23. The van der Waals surface area contributed by atoms with E-state index in [1.165, 1.54) is 12.8 Å². The van der Waals surface area contributed by atoms with Gasteiger partial charge in [0.1, 0.15) is 0 Å². The van der Waals surface area contributed by atoms with Crippen molar-refractivity contribution in [3.8, 4) is 0 Å². The smallest absolute Gasteiger partial charge is 0.00798 e. The Morgan fingerprint density at radius 1 is 1.08 bits per heavy atom. The van der Waals surface area contributed by atoms with Gasteiger partial charge in [0.2, 0.25) is 0 Å². The molecule has 1 heterocycles. The van der Waals surface area contributed by atoms with Crippen molar-refractivity contribution in [3.05, 3.63) is 21.9 Å². The summed E-state index contributed by atoms with van der Waals surface area (Å²) in [7, 11) is 0. The third-order valence-electron chi connectivity index (χ3n) is 2.06. The zero-order chi connectivity index (χ0) is 9.84. The van der Waals surface area contributed by atoms with Crippen LogP contribution in [-0.4, -0.2) is 0 Å². The van der Waals surface area contributed by atoms with Crippen LogP contribution in [0.3, 0.4) is 0 Å². The minimum atomic E-state index is 0.778. The van der Waals surface area contributed by atoms with Crippen LogP contribution < -0.4 is 0 Å². The molecule has 0 saturated carbocycles. The number of thiophene rings is 1. The van der Waals surface area contributed by atoms with E-state index in [0.29, 0.717) is 0 Å². The molecular formula is C12H20S. The maximum absolute atomic E-state index is 2.29. The van der Waals surface area contributed by atoms with E-state index in [4.69, 9.17) is 0 Å². The van der Waals surface area contributed by atoms with Crippen molar-refractivity contribution in [2.24, 2.45) is 11.8 Å². The van der Waals surface area contributed by atoms with Gasteiger partial charge in [-0.3, -0.25) is 0 Å². The Bertz CT molecular complexity index is 221. The molecule has 1 aromatic rings. The second kappa shape index (κ2) is 4.80. The van der Waals surface area contributed by atoms with Crippen LogP contribution in [0.25, 0.3) is 0 Å². The summed E-state index contributed by atoms with van der Waals surface area (Å²) in [6, 6.07) is 2.29. The molecule has 0 aliphatic rings. The minimum Gasteiger partial charge on any atom is -0.149 e. The lowest BCUT2D eigenvalue weighted by Gasteiger charge is -2.08. The van der Waals surface area contributed by atoms with Gasteiger partial charge in [0.25, 0.3) is 0 Å². The zero-order valence-corrected chi connectivity index (χ0v) is 9.95. The largest absolute Gasteiger partial charge is 0.149 e. The summed E-state index contributed by atoms with van der Waals surface area (Å²) in [5.41, 5.74) is 1.58. The number of hydrogen-bond acceptors (Lipinski definition) is 1. The van der Waals surface area contributed by atoms with Gasteiger partial charge in [-0.15, -0.1) is 11.3 Å². The van der Waals surface area contributed by atoms with E-state index >= 15 is 0 Å². The highest BCUT2D eigenvalue weighted by molar-refractivity contribution is 7.10. The average Bonchev–Trinajstić information content (AvgIpc) is 2.34. The van der Waals surface area contributed by atoms with Crippen LogP contribution in [0.2, 0.25) is 0 Å². The van der Waals surface area contributed by atoms with E-state index < -0.39 is 0 Å². The normalized spacial score (nSPS) is 11.5. The third-order valence-corrected chi connectivity index (χ3v) is 3.05. The van der Waals surface area contributed by atoms with Crippen LogP contribution in [0.5, 0.6) is 0 Å². The molecule has 0 saturated heterocycles. The van der Waals surface area contributed by atoms with E-state index in [1.807, 2.05) is 11.3 Å². The molecule has 1 rings (SSSR count). The molecule has 0 bridgehead atoms. The monoisotopic (exact) mass is 196 g/mol. The van der Waals surface area contributed by atoms with Crippen molar-refractivity contribution in [3.63, 3.8) is 0 Å². The molecule has 1 heteroatoms. The van der Waals surface area contributed by atoms with Gasteiger partial charge in [0.15, 0.2) is 0 Å². The fraction of sp³-hybridized carbons (Fsp3) is 0.667. The highest BCUT2D eigenvalue weighted by atomic mass is 32.1. The van der Waals surface area contributed by atoms with Gasteiger partial charge in [0, 0.05) is 4.88 Å². The Morgan fingerprint density at radius 3 is 2.23 bits per heavy atom. The summed E-state index contributed by atoms with van der Waals surface area (Å²) in [6.07, 6.45) is 2.49. The molecule has 0 spiro atoms. The quantitative estimate of drug-likeness (QED) is 0.679. The Balaban J connectivity index is 2.65. The standard InChI is InChI=1S/C12H20S/c1-9(2)7-11-5-6-13-12(11)8-10(3)4/h5-6,9-10H,7-8H2,1-4H3. The van der Waals surface area contributed by atoms with Gasteiger partial charge < -0.3 is 0 Å². The molecule has 74 valence electrons. The molecule has 0 aliphatic carbocycles. The first-order valence-corrected chi connectivity index (χ1v) is 6.02. The van der Waals surface area contributed by atoms with Crippen molar-refractivity contribution < 1.29 is 0 Å². The predicted molar refractivity (Wildman–Crippen MR) is 61.4 cm³/mol. The van der Waals surface area contributed by atoms with Gasteiger partial charge >= 0.3 is 0 Å². The molecule has 0 aliphatic heterocycles. The first-order chi connectivity index (χ1) is 6.09. The van der Waals surface area contributed by atoms with E-state index in [-0.39, 0.29) is 0 Å². The third kappa shape index (κ3) is 3.51. The Labute approximate surface area is 86.0 Å². The molecule has 0 unspecified atom stereocenters. The first-order valence-electron chi connectivity index (χ1n) is 5.14. The summed E-state index contributed by atoms with van der Waals surface area (Å²) < 4.78 is 0. The Hall–Kier alpha value is -0.300. The van der Waals surface area contributed by atoms with Crippen molar-refractivity contribution in [2.75, 3.05) is 0 Å². The van der Waals surface area contributed by atoms with E-state index in [9.17, 15) is 0 Å². The molecule has 0 atom stereocenters. The second-order valence-electron chi connectivity index (χ2n) is 4.56. The fourth-order valence-corrected chi connectivity index (χ4v) is 2.67. The predicted octanol–water partition coefficient (Wildman–Crippen LogP) is 4.15. The van der Waals surface area contributed by atoms with Gasteiger partial charge in [-0.05, 0) is 41.7 Å². The fourth-order valence-electron chi connectivity index (χ4n) is 1.54. The molecule has 13 heavy (non-hydrogen) atoms. The number of hydrogen-bond donors (Lipinski definition) is 0. The lowest BCUT2D eigenvalue weighted by atomic mass is 10.00. The lowest BCUT2D eigenvalue weighted by molar-refractivity contribution is 0.623. The van der Waals surface area contributed by atoms with Crippen molar-refractivity contribution in [1.29, 1.82) is 0 Å². The van der Waals surface area contributed by atoms with E-state index in [0.717, 1.165) is 11.8 Å². The first kappa shape index (κ1) is 10.8. The summed E-state index contributed by atoms with van der Waals surface area (Å²) in [4.78, 5) is 1.60. The molecule has 0 aromatic carbocycles. The van der Waals surface area contributed by atoms with Gasteiger partial charge in [0.05, 0.1) is 0 Å². The van der Waals surface area contributed by atoms with Gasteiger partial charge in [-0.1, -0.05) is 27.7 Å². The van der Waals surface area contributed by atoms with Crippen molar-refractivity contribution >= 4 is 11.3 Å². The van der Waals surface area contributed by atoms with Gasteiger partial charge in [-0.25, -0.2) is 0 Å². The molecule has 0 fully saturated rings. The highest BCUT2D eigenvalue weighted by Crippen LogP contribution is 2.22. The average molecular weight is 196 g/mol. The van der Waals surface area contributed by atoms with Crippen LogP contribution in [0.15, 0.2) is 11.4 Å². The van der Waals surface area contributed by atoms with Crippen molar-refractivity contribution in [1.82, 2.24) is 0 Å². The zero-order valence-electron chi connectivity index (χ0n) is 9.13. The highest BCUT2D eigenvalue weighted by Gasteiger charge is 2.07. The maximum atomic E-state index is 2.29. The van der Waals surface area contributed by atoms with Crippen LogP contribution in [-0.2, 0) is 12.8 Å². The lowest BCUT2D eigenvalue weighted by Crippen LogP contribution is -1.99. The summed E-state index contributed by atoms with van der Waals surface area (Å²) in [6.45, 7) is 9.16. The van der Waals surface area contributed by atoms with Crippen LogP contribution >= 0.6 is 11.3 Å². The molecule has 0 nitrogen and oxygen atoms in total. The topological polar surface area (TPSA) is 0 Å². The molecule has 0 N–H and O–H groups in total. The molecule has 1 aromatic heterocycles. The number of rotatable bonds is 4. The summed E-state index contributed by atoms with van der Waals surface area (Å²) >= 11 is 1.92. The van der Waals surface area contributed by atoms with Gasteiger partial charge in [-0.2, -0.15) is 0 Å². The Morgan fingerprint density at radius 2 is 1.69 bits per heavy atom. The minimum absolute atomic E-state index is 0.778. The molecule has 0 radical (unpaired) electrons. The second-order valence-corrected chi connectivity index (χ2v) is 5.57. The van der Waals surface area contributed by atoms with Crippen LogP contribution in [0.1, 0.15) is 38.1 Å². The van der Waals surface area contributed by atoms with Crippen molar-refractivity contribution in [2.45, 2.75) is 40.5 Å². The SMILES string of the molecule is CC(C)Cc1ccsc1CC(C)C. The Kier molecular flexibility index (Phi) is 3.98. The van der Waals surface area contributed by atoms with Crippen LogP contribution in [0, 0.1) is 11.8 Å². The summed E-state index contributed by atoms with van der Waals surface area (Å²) in [5.74, 6) is 1.56. The maximum Gasteiger partial charge on any atom is 0.00798 e. The van der Waals surface area contributed by atoms with E-state index in [1.54, 1.807) is 10.4 Å². The van der Waals surface area contributed by atoms with E-state index in [2.05, 4.69) is 39.1 Å². The molecule has 0 amide bonds.